The van der Waals surface area contributed by atoms with Crippen LogP contribution in [0.2, 0.25) is 0 Å². The molecule has 0 aliphatic carbocycles. The zero-order chi connectivity index (χ0) is 13.5. The molecule has 1 heterocycles. The summed E-state index contributed by atoms with van der Waals surface area (Å²) in [6.07, 6.45) is 5.25. The maximum absolute atomic E-state index is 12.0. The zero-order valence-electron chi connectivity index (χ0n) is 10.9. The Morgan fingerprint density at radius 2 is 1.42 bits per heavy atom. The molecule has 3 heteroatoms. The lowest BCUT2D eigenvalue weighted by Crippen LogP contribution is -2.07. The summed E-state index contributed by atoms with van der Waals surface area (Å²) in [5, 5.41) is 0. The summed E-state index contributed by atoms with van der Waals surface area (Å²) in [6, 6.07) is 11.9. The number of hydrogen-bond donors (Lipinski definition) is 1. The molecular weight excluding hydrogens is 236 g/mol. The predicted molar refractivity (Wildman–Crippen MR) is 75.9 cm³/mol. The third-order valence-electron chi connectivity index (χ3n) is 3.01. The summed E-state index contributed by atoms with van der Waals surface area (Å²) in [5.41, 5.74) is 8.79. The Morgan fingerprint density at radius 3 is 2.00 bits per heavy atom. The van der Waals surface area contributed by atoms with Crippen LogP contribution in [0, 0.1) is 0 Å². The highest BCUT2D eigenvalue weighted by atomic mass is 16.1. The van der Waals surface area contributed by atoms with Crippen LogP contribution in [0.25, 0.3) is 0 Å². The van der Waals surface area contributed by atoms with Crippen LogP contribution in [0.5, 0.6) is 0 Å². The van der Waals surface area contributed by atoms with Crippen LogP contribution in [0.1, 0.15) is 16.7 Å². The number of hydrogen-bond acceptors (Lipinski definition) is 3. The van der Waals surface area contributed by atoms with Crippen LogP contribution in [0.3, 0.4) is 0 Å². The number of carbonyl (C=O) groups is 1. The van der Waals surface area contributed by atoms with Crippen molar-refractivity contribution in [1.82, 2.24) is 4.98 Å². The Balaban J connectivity index is 1.91. The van der Waals surface area contributed by atoms with Crippen molar-refractivity contribution in [3.8, 4) is 0 Å². The molecular formula is C16H18N2O. The average molecular weight is 254 g/mol. The molecule has 0 aliphatic heterocycles. The van der Waals surface area contributed by atoms with Gasteiger partial charge in [0.2, 0.25) is 0 Å². The Kier molecular flexibility index (Phi) is 4.81. The first-order chi connectivity index (χ1) is 9.28. The van der Waals surface area contributed by atoms with Crippen molar-refractivity contribution in [2.45, 2.75) is 19.3 Å². The number of aromatic nitrogens is 1. The zero-order valence-corrected chi connectivity index (χ0v) is 10.9. The summed E-state index contributed by atoms with van der Waals surface area (Å²) in [4.78, 5) is 15.9. The lowest BCUT2D eigenvalue weighted by molar-refractivity contribution is -0.117. The Morgan fingerprint density at radius 1 is 0.895 bits per heavy atom. The fourth-order valence-electron chi connectivity index (χ4n) is 2.01. The van der Waals surface area contributed by atoms with E-state index in [0.717, 1.165) is 17.5 Å². The van der Waals surface area contributed by atoms with Gasteiger partial charge >= 0.3 is 0 Å². The molecule has 3 nitrogen and oxygen atoms in total. The van der Waals surface area contributed by atoms with Crippen LogP contribution >= 0.6 is 0 Å². The highest BCUT2D eigenvalue weighted by molar-refractivity contribution is 5.83. The van der Waals surface area contributed by atoms with Gasteiger partial charge in [-0.15, -0.1) is 0 Å². The predicted octanol–water partition coefficient (Wildman–Crippen LogP) is 1.94. The van der Waals surface area contributed by atoms with E-state index in [1.54, 1.807) is 12.4 Å². The second kappa shape index (κ2) is 6.81. The summed E-state index contributed by atoms with van der Waals surface area (Å²) in [6.45, 7) is 0.653. The molecule has 0 fully saturated rings. The smallest absolute Gasteiger partial charge is 0.141 e. The van der Waals surface area contributed by atoms with Crippen molar-refractivity contribution in [3.63, 3.8) is 0 Å². The van der Waals surface area contributed by atoms with Crippen molar-refractivity contribution in [2.24, 2.45) is 5.73 Å². The summed E-state index contributed by atoms with van der Waals surface area (Å²) >= 11 is 0. The maximum atomic E-state index is 12.0. The summed E-state index contributed by atoms with van der Waals surface area (Å²) in [7, 11) is 0. The van der Waals surface area contributed by atoms with Crippen LogP contribution in [-0.4, -0.2) is 17.3 Å². The van der Waals surface area contributed by atoms with E-state index in [1.165, 1.54) is 5.56 Å². The number of pyridine rings is 1. The van der Waals surface area contributed by atoms with Gasteiger partial charge < -0.3 is 5.73 Å². The topological polar surface area (TPSA) is 56.0 Å². The Bertz CT molecular complexity index is 520. The molecule has 1 aromatic carbocycles. The van der Waals surface area contributed by atoms with E-state index in [0.29, 0.717) is 19.4 Å². The molecule has 0 radical (unpaired) electrons. The second-order valence-electron chi connectivity index (χ2n) is 4.60. The fourth-order valence-corrected chi connectivity index (χ4v) is 2.01. The Labute approximate surface area is 113 Å². The number of Topliss-reactive ketones (excluding diaryl/α,β-unsaturated/α-hetero) is 1. The minimum atomic E-state index is 0.220. The van der Waals surface area contributed by atoms with E-state index in [2.05, 4.69) is 4.98 Å². The molecule has 1 aromatic heterocycles. The van der Waals surface area contributed by atoms with Crippen molar-refractivity contribution in [2.75, 3.05) is 6.54 Å². The van der Waals surface area contributed by atoms with Crippen molar-refractivity contribution in [3.05, 3.63) is 65.5 Å². The number of ketones is 1. The SMILES string of the molecule is NCCc1ccc(CC(=O)Cc2ccncc2)cc1. The third-order valence-corrected chi connectivity index (χ3v) is 3.01. The van der Waals surface area contributed by atoms with Gasteiger partial charge in [0, 0.05) is 25.2 Å². The molecule has 0 aliphatic rings. The lowest BCUT2D eigenvalue weighted by atomic mass is 10.0. The standard InChI is InChI=1S/C16H18N2O/c17-8-5-13-1-3-14(4-2-13)11-16(19)12-15-6-9-18-10-7-15/h1-4,6-7,9-10H,5,8,11-12,17H2. The number of nitrogens with zero attached hydrogens (tertiary/aromatic N) is 1. The highest BCUT2D eigenvalue weighted by Crippen LogP contribution is 2.08. The third kappa shape index (κ3) is 4.30. The monoisotopic (exact) mass is 254 g/mol. The van der Waals surface area contributed by atoms with Crippen LogP contribution in [-0.2, 0) is 24.1 Å². The van der Waals surface area contributed by atoms with E-state index in [1.807, 2.05) is 36.4 Å². The number of carbonyl (C=O) groups excluding carboxylic acids is 1. The quantitative estimate of drug-likeness (QED) is 0.857. The van der Waals surface area contributed by atoms with E-state index in [-0.39, 0.29) is 5.78 Å². The van der Waals surface area contributed by atoms with Gasteiger partial charge in [0.1, 0.15) is 5.78 Å². The average Bonchev–Trinajstić information content (AvgIpc) is 2.42. The normalized spacial score (nSPS) is 10.4. The van der Waals surface area contributed by atoms with Gasteiger partial charge in [0.25, 0.3) is 0 Å². The maximum Gasteiger partial charge on any atom is 0.141 e. The summed E-state index contributed by atoms with van der Waals surface area (Å²) < 4.78 is 0. The molecule has 0 spiro atoms. The molecule has 0 unspecified atom stereocenters. The van der Waals surface area contributed by atoms with Gasteiger partial charge in [-0.3, -0.25) is 9.78 Å². The first kappa shape index (κ1) is 13.4. The molecule has 0 atom stereocenters. The van der Waals surface area contributed by atoms with E-state index in [9.17, 15) is 4.79 Å². The first-order valence-electron chi connectivity index (χ1n) is 6.46. The van der Waals surface area contributed by atoms with Gasteiger partial charge in [-0.05, 0) is 41.8 Å². The highest BCUT2D eigenvalue weighted by Gasteiger charge is 2.05. The molecule has 0 saturated carbocycles. The molecule has 2 rings (SSSR count). The van der Waals surface area contributed by atoms with Crippen molar-refractivity contribution in [1.29, 1.82) is 0 Å². The second-order valence-corrected chi connectivity index (χ2v) is 4.60. The van der Waals surface area contributed by atoms with Gasteiger partial charge in [-0.2, -0.15) is 0 Å². The molecule has 98 valence electrons. The largest absolute Gasteiger partial charge is 0.330 e. The minimum Gasteiger partial charge on any atom is -0.330 e. The number of nitrogens with two attached hydrogens (primary N) is 1. The molecule has 19 heavy (non-hydrogen) atoms. The number of rotatable bonds is 6. The van der Waals surface area contributed by atoms with E-state index >= 15 is 0 Å². The van der Waals surface area contributed by atoms with E-state index < -0.39 is 0 Å². The summed E-state index contributed by atoms with van der Waals surface area (Å²) in [5.74, 6) is 0.220. The first-order valence-corrected chi connectivity index (χ1v) is 6.46. The van der Waals surface area contributed by atoms with E-state index in [4.69, 9.17) is 5.73 Å². The molecule has 0 bridgehead atoms. The molecule has 2 aromatic rings. The number of benzene rings is 1. The van der Waals surface area contributed by atoms with Gasteiger partial charge in [-0.25, -0.2) is 0 Å². The molecule has 2 N–H and O–H groups in total. The molecule has 0 saturated heterocycles. The van der Waals surface area contributed by atoms with Crippen molar-refractivity contribution >= 4 is 5.78 Å². The lowest BCUT2D eigenvalue weighted by Gasteiger charge is -2.03. The van der Waals surface area contributed by atoms with Gasteiger partial charge in [0.05, 0.1) is 0 Å². The minimum absolute atomic E-state index is 0.220. The fraction of sp³-hybridized carbons (Fsp3) is 0.250. The molecule has 0 amide bonds. The van der Waals surface area contributed by atoms with Gasteiger partial charge in [0.15, 0.2) is 0 Å². The van der Waals surface area contributed by atoms with Gasteiger partial charge in [-0.1, -0.05) is 24.3 Å². The Hall–Kier alpha value is -2.00. The van der Waals surface area contributed by atoms with Crippen LogP contribution < -0.4 is 5.73 Å². The van der Waals surface area contributed by atoms with Crippen molar-refractivity contribution < 1.29 is 4.79 Å². The van der Waals surface area contributed by atoms with Crippen LogP contribution in [0.15, 0.2) is 48.8 Å². The van der Waals surface area contributed by atoms with Crippen LogP contribution in [0.4, 0.5) is 0 Å².